The Bertz CT molecular complexity index is 893. The Morgan fingerprint density at radius 2 is 2.04 bits per heavy atom. The Kier molecular flexibility index (Phi) is 4.65. The van der Waals surface area contributed by atoms with Gasteiger partial charge in [-0.2, -0.15) is 0 Å². The molecule has 0 bridgehead atoms. The van der Waals surface area contributed by atoms with Crippen molar-refractivity contribution in [2.24, 2.45) is 7.05 Å². The third-order valence-corrected chi connectivity index (χ3v) is 3.95. The molecule has 0 aliphatic heterocycles. The zero-order valence-corrected chi connectivity index (χ0v) is 14.6. The van der Waals surface area contributed by atoms with Gasteiger partial charge >= 0.3 is 0 Å². The van der Waals surface area contributed by atoms with Crippen LogP contribution in [0.25, 0.3) is 0 Å². The molecule has 0 saturated carbocycles. The van der Waals surface area contributed by atoms with Crippen LogP contribution in [0, 0.1) is 19.7 Å². The molecule has 0 spiro atoms. The Morgan fingerprint density at radius 3 is 2.72 bits per heavy atom. The van der Waals surface area contributed by atoms with Gasteiger partial charge in [-0.15, -0.1) is 0 Å². The van der Waals surface area contributed by atoms with Gasteiger partial charge in [-0.1, -0.05) is 12.1 Å². The maximum absolute atomic E-state index is 14.5. The van der Waals surface area contributed by atoms with Crippen LogP contribution in [-0.2, 0) is 7.05 Å². The molecule has 25 heavy (non-hydrogen) atoms. The van der Waals surface area contributed by atoms with Crippen LogP contribution in [0.2, 0.25) is 0 Å². The highest BCUT2D eigenvalue weighted by Gasteiger charge is 2.22. The first kappa shape index (κ1) is 16.9. The number of imidazole rings is 1. The Labute approximate surface area is 145 Å². The van der Waals surface area contributed by atoms with Crippen LogP contribution in [0.3, 0.4) is 0 Å². The van der Waals surface area contributed by atoms with E-state index < -0.39 is 11.9 Å². The van der Waals surface area contributed by atoms with E-state index in [0.717, 1.165) is 11.4 Å². The summed E-state index contributed by atoms with van der Waals surface area (Å²) in [6, 6.07) is 7.19. The molecule has 2 aromatic heterocycles. The average Bonchev–Trinajstić information content (AvgIpc) is 3.02. The second kappa shape index (κ2) is 6.88. The molecule has 1 aromatic carbocycles. The standard InChI is InChI=1S/C18H20FN5O/c1-11-15(19)17(22-12(2)21-11)23-16(18-20-8-9-24(18)3)13-6-5-7-14(10-13)25-4/h5-10,16H,1-4H3,(H,21,22,23)/t16-/m1/s1. The van der Waals surface area contributed by atoms with Crippen molar-refractivity contribution in [3.05, 3.63) is 65.4 Å². The summed E-state index contributed by atoms with van der Waals surface area (Å²) < 4.78 is 21.7. The number of halogens is 1. The summed E-state index contributed by atoms with van der Waals surface area (Å²) in [5.74, 6) is 1.65. The van der Waals surface area contributed by atoms with Crippen LogP contribution >= 0.6 is 0 Å². The summed E-state index contributed by atoms with van der Waals surface area (Å²) in [7, 11) is 3.50. The fourth-order valence-electron chi connectivity index (χ4n) is 2.70. The van der Waals surface area contributed by atoms with E-state index in [4.69, 9.17) is 4.74 Å². The number of benzene rings is 1. The summed E-state index contributed by atoms with van der Waals surface area (Å²) in [6.45, 7) is 3.36. The van der Waals surface area contributed by atoms with E-state index in [0.29, 0.717) is 17.3 Å². The summed E-state index contributed by atoms with van der Waals surface area (Å²) in [4.78, 5) is 12.7. The molecule has 1 atom stereocenters. The Morgan fingerprint density at radius 1 is 1.24 bits per heavy atom. The van der Waals surface area contributed by atoms with Gasteiger partial charge in [0.15, 0.2) is 11.6 Å². The highest BCUT2D eigenvalue weighted by atomic mass is 19.1. The first-order valence-electron chi connectivity index (χ1n) is 7.88. The van der Waals surface area contributed by atoms with Gasteiger partial charge in [0.05, 0.1) is 12.8 Å². The fraction of sp³-hybridized carbons (Fsp3) is 0.278. The Hall–Kier alpha value is -2.96. The number of hydrogen-bond acceptors (Lipinski definition) is 5. The first-order valence-corrected chi connectivity index (χ1v) is 7.88. The maximum atomic E-state index is 14.5. The fourth-order valence-corrected chi connectivity index (χ4v) is 2.70. The number of rotatable bonds is 5. The predicted molar refractivity (Wildman–Crippen MR) is 93.1 cm³/mol. The molecule has 0 radical (unpaired) electrons. The molecule has 6 nitrogen and oxygen atoms in total. The lowest BCUT2D eigenvalue weighted by molar-refractivity contribution is 0.414. The predicted octanol–water partition coefficient (Wildman–Crippen LogP) is 3.18. The molecule has 0 saturated heterocycles. The summed E-state index contributed by atoms with van der Waals surface area (Å²) in [6.07, 6.45) is 3.55. The van der Waals surface area contributed by atoms with Crippen LogP contribution in [0.1, 0.15) is 28.9 Å². The molecule has 2 heterocycles. The van der Waals surface area contributed by atoms with Gasteiger partial charge in [0.1, 0.15) is 23.4 Å². The number of aromatic nitrogens is 4. The lowest BCUT2D eigenvalue weighted by Crippen LogP contribution is -2.19. The van der Waals surface area contributed by atoms with Crippen LogP contribution < -0.4 is 10.1 Å². The van der Waals surface area contributed by atoms with Gasteiger partial charge in [0.25, 0.3) is 0 Å². The minimum absolute atomic E-state index is 0.154. The Balaban J connectivity index is 2.08. The SMILES string of the molecule is COc1cccc([C@@H](Nc2nc(C)nc(C)c2F)c2nccn2C)c1. The molecular weight excluding hydrogens is 321 g/mol. The molecule has 7 heteroatoms. The van der Waals surface area contributed by atoms with Crippen LogP contribution in [0.5, 0.6) is 5.75 Å². The summed E-state index contributed by atoms with van der Waals surface area (Å²) >= 11 is 0. The summed E-state index contributed by atoms with van der Waals surface area (Å²) in [5, 5.41) is 3.17. The monoisotopic (exact) mass is 341 g/mol. The van der Waals surface area contributed by atoms with Crippen molar-refractivity contribution >= 4 is 5.82 Å². The van der Waals surface area contributed by atoms with Gasteiger partial charge in [0.2, 0.25) is 0 Å². The van der Waals surface area contributed by atoms with Crippen LogP contribution in [0.4, 0.5) is 10.2 Å². The van der Waals surface area contributed by atoms with Gasteiger partial charge < -0.3 is 14.6 Å². The number of aryl methyl sites for hydroxylation is 3. The number of nitrogens with one attached hydrogen (secondary N) is 1. The van der Waals surface area contributed by atoms with E-state index in [-0.39, 0.29) is 5.82 Å². The second-order valence-electron chi connectivity index (χ2n) is 5.77. The molecule has 3 rings (SSSR count). The zero-order chi connectivity index (χ0) is 18.0. The topological polar surface area (TPSA) is 64.9 Å². The van der Waals surface area contributed by atoms with Gasteiger partial charge in [0, 0.05) is 19.4 Å². The van der Waals surface area contributed by atoms with Gasteiger partial charge in [-0.05, 0) is 31.5 Å². The minimum atomic E-state index is -0.465. The van der Waals surface area contributed by atoms with Gasteiger partial charge in [-0.25, -0.2) is 19.3 Å². The van der Waals surface area contributed by atoms with E-state index in [9.17, 15) is 4.39 Å². The number of methoxy groups -OCH3 is 1. The van der Waals surface area contributed by atoms with E-state index >= 15 is 0 Å². The lowest BCUT2D eigenvalue weighted by Gasteiger charge is -2.21. The molecule has 0 fully saturated rings. The molecule has 0 unspecified atom stereocenters. The number of hydrogen-bond donors (Lipinski definition) is 1. The van der Waals surface area contributed by atoms with E-state index in [2.05, 4.69) is 20.3 Å². The summed E-state index contributed by atoms with van der Waals surface area (Å²) in [5.41, 5.74) is 1.20. The highest BCUT2D eigenvalue weighted by Crippen LogP contribution is 2.28. The largest absolute Gasteiger partial charge is 0.497 e. The van der Waals surface area contributed by atoms with Crippen molar-refractivity contribution in [1.29, 1.82) is 0 Å². The van der Waals surface area contributed by atoms with E-state index in [1.54, 1.807) is 27.2 Å². The number of anilines is 1. The first-order chi connectivity index (χ1) is 12.0. The normalized spacial score (nSPS) is 12.0. The van der Waals surface area contributed by atoms with Crippen molar-refractivity contribution in [3.8, 4) is 5.75 Å². The quantitative estimate of drug-likeness (QED) is 0.772. The molecular formula is C18H20FN5O. The van der Waals surface area contributed by atoms with Crippen LogP contribution in [0.15, 0.2) is 36.7 Å². The number of ether oxygens (including phenoxy) is 1. The smallest absolute Gasteiger partial charge is 0.186 e. The van der Waals surface area contributed by atoms with Crippen molar-refractivity contribution in [1.82, 2.24) is 19.5 Å². The zero-order valence-electron chi connectivity index (χ0n) is 14.6. The molecule has 130 valence electrons. The maximum Gasteiger partial charge on any atom is 0.186 e. The van der Waals surface area contributed by atoms with E-state index in [1.165, 1.54) is 0 Å². The molecule has 0 aliphatic rings. The second-order valence-corrected chi connectivity index (χ2v) is 5.77. The van der Waals surface area contributed by atoms with Crippen molar-refractivity contribution in [2.45, 2.75) is 19.9 Å². The van der Waals surface area contributed by atoms with Gasteiger partial charge in [-0.3, -0.25) is 0 Å². The third kappa shape index (κ3) is 3.45. The highest BCUT2D eigenvalue weighted by molar-refractivity contribution is 5.45. The lowest BCUT2D eigenvalue weighted by atomic mass is 10.1. The number of nitrogens with zero attached hydrogens (tertiary/aromatic N) is 4. The third-order valence-electron chi connectivity index (χ3n) is 3.95. The van der Waals surface area contributed by atoms with Crippen LogP contribution in [-0.4, -0.2) is 26.6 Å². The van der Waals surface area contributed by atoms with Crippen molar-refractivity contribution in [3.63, 3.8) is 0 Å². The molecule has 0 amide bonds. The average molecular weight is 341 g/mol. The van der Waals surface area contributed by atoms with Crippen molar-refractivity contribution < 1.29 is 9.13 Å². The molecule has 1 N–H and O–H groups in total. The van der Waals surface area contributed by atoms with E-state index in [1.807, 2.05) is 42.1 Å². The van der Waals surface area contributed by atoms with Crippen molar-refractivity contribution in [2.75, 3.05) is 12.4 Å². The molecule has 0 aliphatic carbocycles. The molecule has 3 aromatic rings. The minimum Gasteiger partial charge on any atom is -0.497 e.